The van der Waals surface area contributed by atoms with Gasteiger partial charge in [-0.2, -0.15) is 0 Å². The Bertz CT molecular complexity index is 476. The van der Waals surface area contributed by atoms with E-state index in [2.05, 4.69) is 0 Å². The number of benzene rings is 1. The lowest BCUT2D eigenvalue weighted by Gasteiger charge is -2.40. The number of hydrogen-bond acceptors (Lipinski definition) is 1. The van der Waals surface area contributed by atoms with Gasteiger partial charge >= 0.3 is 0 Å². The largest absolute Gasteiger partial charge is 0.388 e. The monoisotopic (exact) mass is 296 g/mol. The van der Waals surface area contributed by atoms with E-state index in [9.17, 15) is 9.50 Å². The first-order chi connectivity index (χ1) is 9.65. The summed E-state index contributed by atoms with van der Waals surface area (Å²) >= 11 is 5.78. The van der Waals surface area contributed by atoms with Gasteiger partial charge in [0.1, 0.15) is 5.82 Å². The van der Waals surface area contributed by atoms with Crippen LogP contribution >= 0.6 is 11.6 Å². The Kier molecular flexibility index (Phi) is 4.32. The molecule has 1 N–H and O–H groups in total. The molecule has 0 bridgehead atoms. The second-order valence-corrected chi connectivity index (χ2v) is 6.92. The van der Waals surface area contributed by atoms with Gasteiger partial charge in [0.25, 0.3) is 0 Å². The number of aliphatic hydroxyl groups excluding tert-OH is 1. The second-order valence-electron chi connectivity index (χ2n) is 6.49. The number of aliphatic hydroxyl groups is 1. The average molecular weight is 297 g/mol. The van der Waals surface area contributed by atoms with E-state index in [1.807, 2.05) is 0 Å². The van der Waals surface area contributed by atoms with E-state index in [1.165, 1.54) is 38.2 Å². The fourth-order valence-electron chi connectivity index (χ4n) is 4.19. The van der Waals surface area contributed by atoms with Crippen molar-refractivity contribution in [3.63, 3.8) is 0 Å². The first kappa shape index (κ1) is 14.3. The van der Waals surface area contributed by atoms with E-state index in [1.54, 1.807) is 12.1 Å². The lowest BCUT2D eigenvalue weighted by atomic mass is 9.66. The number of halogens is 2. The Morgan fingerprint density at radius 1 is 1.10 bits per heavy atom. The minimum absolute atomic E-state index is 0.199. The van der Waals surface area contributed by atoms with Crippen molar-refractivity contribution in [2.24, 2.45) is 17.8 Å². The molecule has 110 valence electrons. The summed E-state index contributed by atoms with van der Waals surface area (Å²) in [7, 11) is 0. The van der Waals surface area contributed by atoms with Crippen molar-refractivity contribution >= 4 is 11.6 Å². The van der Waals surface area contributed by atoms with Crippen LogP contribution in [-0.4, -0.2) is 5.11 Å². The SMILES string of the molecule is OC(c1ccc(Cl)cc1F)C1CCC2CCCCC2C1. The van der Waals surface area contributed by atoms with Gasteiger partial charge in [-0.15, -0.1) is 0 Å². The van der Waals surface area contributed by atoms with Gasteiger partial charge in [-0.25, -0.2) is 4.39 Å². The highest BCUT2D eigenvalue weighted by atomic mass is 35.5. The van der Waals surface area contributed by atoms with Crippen LogP contribution in [0.3, 0.4) is 0 Å². The third-order valence-electron chi connectivity index (χ3n) is 5.31. The van der Waals surface area contributed by atoms with Crippen molar-refractivity contribution in [2.45, 2.75) is 51.0 Å². The number of hydrogen-bond donors (Lipinski definition) is 1. The van der Waals surface area contributed by atoms with Gasteiger partial charge in [-0.1, -0.05) is 43.4 Å². The lowest BCUT2D eigenvalue weighted by Crippen LogP contribution is -2.30. The quantitative estimate of drug-likeness (QED) is 0.803. The normalized spacial score (nSPS) is 31.6. The number of rotatable bonds is 2. The van der Waals surface area contributed by atoms with Crippen LogP contribution in [0.5, 0.6) is 0 Å². The predicted molar refractivity (Wildman–Crippen MR) is 79.2 cm³/mol. The molecule has 1 aromatic carbocycles. The minimum Gasteiger partial charge on any atom is -0.388 e. The number of fused-ring (bicyclic) bond motifs is 1. The molecule has 2 fully saturated rings. The Labute approximate surface area is 125 Å². The van der Waals surface area contributed by atoms with Crippen LogP contribution in [0, 0.1) is 23.6 Å². The van der Waals surface area contributed by atoms with E-state index in [-0.39, 0.29) is 11.7 Å². The highest BCUT2D eigenvalue weighted by molar-refractivity contribution is 6.30. The highest BCUT2D eigenvalue weighted by Crippen LogP contribution is 2.46. The lowest BCUT2D eigenvalue weighted by molar-refractivity contribution is 0.0330. The molecule has 1 aromatic rings. The van der Waals surface area contributed by atoms with Crippen LogP contribution < -0.4 is 0 Å². The molecule has 2 aliphatic carbocycles. The molecular formula is C17H22ClFO. The van der Waals surface area contributed by atoms with Gasteiger partial charge in [-0.05, 0) is 49.1 Å². The van der Waals surface area contributed by atoms with E-state index in [0.29, 0.717) is 10.6 Å². The molecule has 3 rings (SSSR count). The van der Waals surface area contributed by atoms with Crippen molar-refractivity contribution in [1.82, 2.24) is 0 Å². The molecule has 0 amide bonds. The smallest absolute Gasteiger partial charge is 0.130 e. The van der Waals surface area contributed by atoms with Crippen LogP contribution in [0.4, 0.5) is 4.39 Å². The fraction of sp³-hybridized carbons (Fsp3) is 0.647. The maximum atomic E-state index is 13.9. The predicted octanol–water partition coefficient (Wildman–Crippen LogP) is 5.12. The van der Waals surface area contributed by atoms with Crippen LogP contribution in [0.1, 0.15) is 56.6 Å². The van der Waals surface area contributed by atoms with Crippen molar-refractivity contribution in [2.75, 3.05) is 0 Å². The third kappa shape index (κ3) is 2.87. The van der Waals surface area contributed by atoms with Gasteiger partial charge in [0.05, 0.1) is 6.10 Å². The Balaban J connectivity index is 1.72. The van der Waals surface area contributed by atoms with E-state index in [0.717, 1.165) is 24.7 Å². The summed E-state index contributed by atoms with van der Waals surface area (Å²) in [4.78, 5) is 0. The Hall–Kier alpha value is -0.600. The molecular weight excluding hydrogens is 275 g/mol. The summed E-state index contributed by atoms with van der Waals surface area (Å²) in [6.07, 6.45) is 7.90. The molecule has 2 aliphatic rings. The summed E-state index contributed by atoms with van der Waals surface area (Å²) in [5.74, 6) is 1.41. The summed E-state index contributed by atoms with van der Waals surface area (Å²) in [5.41, 5.74) is 0.411. The molecule has 0 aromatic heterocycles. The van der Waals surface area contributed by atoms with Crippen LogP contribution in [0.25, 0.3) is 0 Å². The molecule has 0 spiro atoms. The van der Waals surface area contributed by atoms with Crippen LogP contribution in [0.2, 0.25) is 5.02 Å². The molecule has 0 radical (unpaired) electrons. The molecule has 3 heteroatoms. The van der Waals surface area contributed by atoms with E-state index >= 15 is 0 Å². The maximum Gasteiger partial charge on any atom is 0.130 e. The first-order valence-electron chi connectivity index (χ1n) is 7.78. The van der Waals surface area contributed by atoms with Crippen molar-refractivity contribution < 1.29 is 9.50 Å². The zero-order chi connectivity index (χ0) is 14.1. The molecule has 0 heterocycles. The molecule has 4 atom stereocenters. The van der Waals surface area contributed by atoms with Crippen LogP contribution in [0.15, 0.2) is 18.2 Å². The second kappa shape index (κ2) is 6.03. The topological polar surface area (TPSA) is 20.2 Å². The summed E-state index contributed by atoms with van der Waals surface area (Å²) in [6, 6.07) is 4.59. The zero-order valence-electron chi connectivity index (χ0n) is 11.7. The fourth-order valence-corrected chi connectivity index (χ4v) is 4.35. The van der Waals surface area contributed by atoms with E-state index in [4.69, 9.17) is 11.6 Å². The summed E-state index contributed by atoms with van der Waals surface area (Å²) in [5, 5.41) is 10.9. The maximum absolute atomic E-state index is 13.9. The molecule has 20 heavy (non-hydrogen) atoms. The Morgan fingerprint density at radius 3 is 2.60 bits per heavy atom. The molecule has 2 saturated carbocycles. The van der Waals surface area contributed by atoms with Crippen molar-refractivity contribution in [3.05, 3.63) is 34.6 Å². The zero-order valence-corrected chi connectivity index (χ0v) is 12.5. The average Bonchev–Trinajstić information content (AvgIpc) is 2.46. The first-order valence-corrected chi connectivity index (χ1v) is 8.16. The van der Waals surface area contributed by atoms with Gasteiger partial charge in [0, 0.05) is 10.6 Å². The summed E-state index contributed by atoms with van der Waals surface area (Å²) in [6.45, 7) is 0. The van der Waals surface area contributed by atoms with Gasteiger partial charge < -0.3 is 5.11 Å². The third-order valence-corrected chi connectivity index (χ3v) is 5.54. The highest BCUT2D eigenvalue weighted by Gasteiger charge is 2.35. The molecule has 0 aliphatic heterocycles. The van der Waals surface area contributed by atoms with Gasteiger partial charge in [0.15, 0.2) is 0 Å². The molecule has 4 unspecified atom stereocenters. The van der Waals surface area contributed by atoms with E-state index < -0.39 is 6.10 Å². The van der Waals surface area contributed by atoms with Crippen LogP contribution in [-0.2, 0) is 0 Å². The van der Waals surface area contributed by atoms with Crippen molar-refractivity contribution in [1.29, 1.82) is 0 Å². The minimum atomic E-state index is -0.685. The van der Waals surface area contributed by atoms with Gasteiger partial charge in [0.2, 0.25) is 0 Å². The Morgan fingerprint density at radius 2 is 1.85 bits per heavy atom. The standard InChI is InChI=1S/C17H22ClFO/c18-14-7-8-15(16(19)10-14)17(20)13-6-5-11-3-1-2-4-12(11)9-13/h7-8,10-13,17,20H,1-6,9H2. The van der Waals surface area contributed by atoms with Crippen molar-refractivity contribution in [3.8, 4) is 0 Å². The molecule has 1 nitrogen and oxygen atoms in total. The summed E-state index contributed by atoms with van der Waals surface area (Å²) < 4.78 is 13.9. The van der Waals surface area contributed by atoms with Gasteiger partial charge in [-0.3, -0.25) is 0 Å². The molecule has 0 saturated heterocycles.